The number of nitriles is 1. The fraction of sp³-hybridized carbons (Fsp3) is 0.526. The third-order valence-corrected chi connectivity index (χ3v) is 6.09. The lowest BCUT2D eigenvalue weighted by atomic mass is 10.1. The van der Waals surface area contributed by atoms with Gasteiger partial charge in [0, 0.05) is 38.4 Å². The Labute approximate surface area is 171 Å². The van der Waals surface area contributed by atoms with Gasteiger partial charge in [0.25, 0.3) is 10.0 Å². The summed E-state index contributed by atoms with van der Waals surface area (Å²) in [6.07, 6.45) is -1.23. The number of morpholine rings is 1. The van der Waals surface area contributed by atoms with E-state index >= 15 is 0 Å². The smallest absolute Gasteiger partial charge is 0.251 e. The first-order valence-electron chi connectivity index (χ1n) is 9.41. The zero-order chi connectivity index (χ0) is 21.3. The Kier molecular flexibility index (Phi) is 9.03. The summed E-state index contributed by atoms with van der Waals surface area (Å²) < 4.78 is 32.2. The lowest BCUT2D eigenvalue weighted by molar-refractivity contribution is 0.0398. The molecule has 1 aromatic carbocycles. The van der Waals surface area contributed by atoms with Gasteiger partial charge in [-0.3, -0.25) is 4.90 Å². The number of benzene rings is 1. The van der Waals surface area contributed by atoms with Crippen LogP contribution in [-0.4, -0.2) is 82.2 Å². The maximum atomic E-state index is 12.3. The van der Waals surface area contributed by atoms with Crippen LogP contribution in [0.15, 0.2) is 29.2 Å². The van der Waals surface area contributed by atoms with Gasteiger partial charge in [0.1, 0.15) is 6.07 Å². The van der Waals surface area contributed by atoms with E-state index in [4.69, 9.17) is 9.84 Å². The Morgan fingerprint density at radius 2 is 1.97 bits per heavy atom. The van der Waals surface area contributed by atoms with Crippen LogP contribution in [0.1, 0.15) is 12.5 Å². The van der Waals surface area contributed by atoms with Gasteiger partial charge in [0.2, 0.25) is 0 Å². The monoisotopic (exact) mass is 424 g/mol. The van der Waals surface area contributed by atoms with E-state index in [2.05, 4.69) is 14.9 Å². The molecule has 1 fully saturated rings. The van der Waals surface area contributed by atoms with Gasteiger partial charge in [-0.15, -0.1) is 0 Å². The number of aliphatic hydroxyl groups excluding tert-OH is 2. The van der Waals surface area contributed by atoms with Gasteiger partial charge in [0.05, 0.1) is 25.9 Å². The van der Waals surface area contributed by atoms with E-state index in [0.29, 0.717) is 11.1 Å². The van der Waals surface area contributed by atoms with Crippen molar-refractivity contribution in [3.63, 3.8) is 0 Å². The standard InChI is InChI=1S/C19H28N4O5S/c1-15(19(12-20)29(26,27)22-13-18(25)14-24)16-2-4-17(5-3-16)21-6-7-23-8-10-28-11-9-23/h2-5,18,21-22,24-25H,6-11,13-14H2,1H3. The van der Waals surface area contributed by atoms with Crippen LogP contribution in [0.2, 0.25) is 0 Å². The van der Waals surface area contributed by atoms with Gasteiger partial charge in [0.15, 0.2) is 4.91 Å². The van der Waals surface area contributed by atoms with E-state index in [-0.39, 0.29) is 6.54 Å². The molecule has 1 heterocycles. The predicted molar refractivity (Wildman–Crippen MR) is 110 cm³/mol. The number of hydrogen-bond donors (Lipinski definition) is 4. The van der Waals surface area contributed by atoms with Crippen LogP contribution in [0.4, 0.5) is 5.69 Å². The zero-order valence-electron chi connectivity index (χ0n) is 16.5. The zero-order valence-corrected chi connectivity index (χ0v) is 17.3. The van der Waals surface area contributed by atoms with Gasteiger partial charge in [-0.05, 0) is 30.2 Å². The average Bonchev–Trinajstić information content (AvgIpc) is 2.73. The number of aliphatic hydroxyl groups is 2. The third kappa shape index (κ3) is 7.08. The van der Waals surface area contributed by atoms with Crippen molar-refractivity contribution in [3.05, 3.63) is 34.7 Å². The quantitative estimate of drug-likeness (QED) is 0.384. The fourth-order valence-electron chi connectivity index (χ4n) is 2.84. The molecule has 0 radical (unpaired) electrons. The maximum absolute atomic E-state index is 12.3. The molecular formula is C19H28N4O5S. The highest BCUT2D eigenvalue weighted by atomic mass is 32.2. The van der Waals surface area contributed by atoms with Gasteiger partial charge in [-0.1, -0.05) is 12.1 Å². The molecule has 0 bridgehead atoms. The van der Waals surface area contributed by atoms with Gasteiger partial charge < -0.3 is 20.3 Å². The average molecular weight is 425 g/mol. The molecule has 1 saturated heterocycles. The molecule has 29 heavy (non-hydrogen) atoms. The van der Waals surface area contributed by atoms with E-state index in [1.165, 1.54) is 0 Å². The molecule has 0 amide bonds. The van der Waals surface area contributed by atoms with Crippen molar-refractivity contribution in [3.8, 4) is 6.07 Å². The molecule has 0 saturated carbocycles. The minimum Gasteiger partial charge on any atom is -0.394 e. The number of sulfonamides is 1. The van der Waals surface area contributed by atoms with Gasteiger partial charge >= 0.3 is 0 Å². The van der Waals surface area contributed by atoms with Crippen LogP contribution < -0.4 is 10.0 Å². The van der Waals surface area contributed by atoms with E-state index in [0.717, 1.165) is 45.1 Å². The molecule has 4 N–H and O–H groups in total. The van der Waals surface area contributed by atoms with Crippen LogP contribution >= 0.6 is 0 Å². The summed E-state index contributed by atoms with van der Waals surface area (Å²) in [5.74, 6) is 0. The minimum atomic E-state index is -4.10. The first-order valence-corrected chi connectivity index (χ1v) is 10.9. The highest BCUT2D eigenvalue weighted by molar-refractivity contribution is 7.93. The Bertz CT molecular complexity index is 827. The Balaban J connectivity index is 2.01. The molecule has 160 valence electrons. The van der Waals surface area contributed by atoms with E-state index in [9.17, 15) is 18.8 Å². The van der Waals surface area contributed by atoms with Crippen LogP contribution in [0, 0.1) is 11.3 Å². The first-order chi connectivity index (χ1) is 13.9. The molecule has 1 unspecified atom stereocenters. The molecule has 1 aliphatic rings. The van der Waals surface area contributed by atoms with E-state index in [1.54, 1.807) is 25.1 Å². The predicted octanol–water partition coefficient (Wildman–Crippen LogP) is -0.0421. The molecule has 10 heteroatoms. The normalized spacial score (nSPS) is 17.3. The van der Waals surface area contributed by atoms with E-state index < -0.39 is 27.6 Å². The lowest BCUT2D eigenvalue weighted by Crippen LogP contribution is -2.38. The van der Waals surface area contributed by atoms with E-state index in [1.807, 2.05) is 12.1 Å². The van der Waals surface area contributed by atoms with Crippen molar-refractivity contribution in [2.45, 2.75) is 13.0 Å². The summed E-state index contributed by atoms with van der Waals surface area (Å²) in [4.78, 5) is 1.90. The van der Waals surface area contributed by atoms with Crippen molar-refractivity contribution < 1.29 is 23.4 Å². The second kappa shape index (κ2) is 11.3. The second-order valence-electron chi connectivity index (χ2n) is 6.71. The number of allylic oxidation sites excluding steroid dienone is 2. The van der Waals surface area contributed by atoms with Crippen LogP contribution in [0.25, 0.3) is 5.57 Å². The van der Waals surface area contributed by atoms with Crippen LogP contribution in [0.5, 0.6) is 0 Å². The number of nitrogens with one attached hydrogen (secondary N) is 2. The lowest BCUT2D eigenvalue weighted by Gasteiger charge is -2.26. The minimum absolute atomic E-state index is 0.304. The topological polar surface area (TPSA) is 135 Å². The molecule has 1 aromatic rings. The van der Waals surface area contributed by atoms with Crippen molar-refractivity contribution >= 4 is 21.3 Å². The Morgan fingerprint density at radius 1 is 1.31 bits per heavy atom. The third-order valence-electron chi connectivity index (χ3n) is 4.61. The Hall–Kier alpha value is -2.00. The summed E-state index contributed by atoms with van der Waals surface area (Å²) in [5.41, 5.74) is 1.81. The highest BCUT2D eigenvalue weighted by Crippen LogP contribution is 2.23. The van der Waals surface area contributed by atoms with Crippen LogP contribution in [0.3, 0.4) is 0 Å². The number of nitrogens with zero attached hydrogens (tertiary/aromatic N) is 2. The first kappa shape index (κ1) is 23.3. The summed E-state index contributed by atoms with van der Waals surface area (Å²) in [6, 6.07) is 8.90. The molecule has 0 aliphatic carbocycles. The largest absolute Gasteiger partial charge is 0.394 e. The van der Waals surface area contributed by atoms with Gasteiger partial charge in [-0.25, -0.2) is 13.1 Å². The molecule has 9 nitrogen and oxygen atoms in total. The van der Waals surface area contributed by atoms with Crippen molar-refractivity contribution in [2.75, 3.05) is 57.9 Å². The second-order valence-corrected chi connectivity index (χ2v) is 8.42. The SMILES string of the molecule is CC(=C(C#N)S(=O)(=O)NCC(O)CO)c1ccc(NCCN2CCOCC2)cc1. The number of ether oxygens (including phenoxy) is 1. The van der Waals surface area contributed by atoms with Crippen molar-refractivity contribution in [2.24, 2.45) is 0 Å². The highest BCUT2D eigenvalue weighted by Gasteiger charge is 2.22. The molecule has 1 aliphatic heterocycles. The molecule has 0 aromatic heterocycles. The summed E-state index contributed by atoms with van der Waals surface area (Å²) in [7, 11) is -4.10. The number of anilines is 1. The summed E-state index contributed by atoms with van der Waals surface area (Å²) in [6.45, 7) is 5.68. The van der Waals surface area contributed by atoms with Gasteiger partial charge in [-0.2, -0.15) is 5.26 Å². The van der Waals surface area contributed by atoms with Crippen molar-refractivity contribution in [1.29, 1.82) is 5.26 Å². The van der Waals surface area contributed by atoms with Crippen LogP contribution in [-0.2, 0) is 14.8 Å². The fourth-order valence-corrected chi connectivity index (χ4v) is 4.04. The summed E-state index contributed by atoms with van der Waals surface area (Å²) in [5, 5.41) is 30.8. The molecule has 0 spiro atoms. The molecule has 2 rings (SSSR count). The molecule has 1 atom stereocenters. The number of hydrogen-bond acceptors (Lipinski definition) is 8. The summed E-state index contributed by atoms with van der Waals surface area (Å²) >= 11 is 0. The maximum Gasteiger partial charge on any atom is 0.251 e. The number of rotatable bonds is 10. The molecular weight excluding hydrogens is 396 g/mol. The van der Waals surface area contributed by atoms with Crippen molar-refractivity contribution in [1.82, 2.24) is 9.62 Å². The Morgan fingerprint density at radius 3 is 2.55 bits per heavy atom.